The first kappa shape index (κ1) is 14.8. The van der Waals surface area contributed by atoms with Gasteiger partial charge in [0.15, 0.2) is 5.78 Å². The molecule has 0 amide bonds. The number of Topliss-reactive ketones (excluding diaryl/α,β-unsaturated/α-hetero) is 1. The average Bonchev–Trinajstić information content (AvgIpc) is 2.35. The van der Waals surface area contributed by atoms with Gasteiger partial charge in [0.1, 0.15) is 5.75 Å². The van der Waals surface area contributed by atoms with E-state index in [2.05, 4.69) is 12.6 Å². The number of benzene rings is 1. The number of rotatable bonds is 3. The van der Waals surface area contributed by atoms with Crippen LogP contribution in [-0.4, -0.2) is 12.9 Å². The molecule has 0 aliphatic heterocycles. The molecule has 0 unspecified atom stereocenters. The highest BCUT2D eigenvalue weighted by Gasteiger charge is 2.20. The molecule has 18 heavy (non-hydrogen) atoms. The predicted octanol–water partition coefficient (Wildman–Crippen LogP) is 4.13. The summed E-state index contributed by atoms with van der Waals surface area (Å²) < 4.78 is 5.07. The fourth-order valence-corrected chi connectivity index (χ4v) is 1.73. The first-order chi connectivity index (χ1) is 8.27. The molecule has 0 N–H and O–H groups in total. The zero-order valence-corrected chi connectivity index (χ0v) is 12.5. The predicted molar refractivity (Wildman–Crippen MR) is 78.5 cm³/mol. The van der Waals surface area contributed by atoms with Gasteiger partial charge in [-0.25, -0.2) is 0 Å². The van der Waals surface area contributed by atoms with Gasteiger partial charge >= 0.3 is 0 Å². The topological polar surface area (TPSA) is 26.3 Å². The van der Waals surface area contributed by atoms with Crippen molar-refractivity contribution in [3.63, 3.8) is 0 Å². The van der Waals surface area contributed by atoms with Gasteiger partial charge in [-0.3, -0.25) is 4.79 Å². The van der Waals surface area contributed by atoms with E-state index in [4.69, 9.17) is 4.74 Å². The Hall–Kier alpha value is -1.22. The van der Waals surface area contributed by atoms with Crippen molar-refractivity contribution in [2.45, 2.75) is 27.7 Å². The number of carbonyl (C=O) groups is 1. The van der Waals surface area contributed by atoms with Crippen molar-refractivity contribution in [1.29, 1.82) is 0 Å². The summed E-state index contributed by atoms with van der Waals surface area (Å²) in [5.74, 6) is 0.757. The van der Waals surface area contributed by atoms with Crippen molar-refractivity contribution in [2.24, 2.45) is 5.41 Å². The van der Waals surface area contributed by atoms with Gasteiger partial charge in [0.05, 0.1) is 7.11 Å². The summed E-state index contributed by atoms with van der Waals surface area (Å²) in [6.07, 6.45) is 0. The zero-order valence-electron chi connectivity index (χ0n) is 11.6. The minimum atomic E-state index is -0.116. The number of allylic oxidation sites excluding steroid dienone is 2. The Morgan fingerprint density at radius 3 is 2.06 bits per heavy atom. The Bertz CT molecular complexity index is 464. The second-order valence-corrected chi connectivity index (χ2v) is 5.73. The smallest absolute Gasteiger partial charge is 0.189 e. The van der Waals surface area contributed by atoms with Gasteiger partial charge in [-0.15, -0.1) is 12.6 Å². The van der Waals surface area contributed by atoms with Crippen LogP contribution in [0.3, 0.4) is 0 Å². The van der Waals surface area contributed by atoms with E-state index in [1.165, 1.54) is 0 Å². The van der Waals surface area contributed by atoms with Crippen molar-refractivity contribution >= 4 is 18.4 Å². The highest BCUT2D eigenvalue weighted by Crippen LogP contribution is 2.32. The summed E-state index contributed by atoms with van der Waals surface area (Å²) in [5, 5.41) is 0. The summed E-state index contributed by atoms with van der Waals surface area (Å²) in [6.45, 7) is 7.94. The fourth-order valence-electron chi connectivity index (χ4n) is 1.63. The van der Waals surface area contributed by atoms with E-state index in [-0.39, 0.29) is 11.2 Å². The first-order valence-corrected chi connectivity index (χ1v) is 6.31. The second kappa shape index (κ2) is 5.61. The van der Waals surface area contributed by atoms with E-state index >= 15 is 0 Å². The molecule has 2 nitrogen and oxygen atoms in total. The molecule has 0 aliphatic rings. The molecule has 0 fully saturated rings. The lowest BCUT2D eigenvalue weighted by molar-refractivity contribution is 0.103. The summed E-state index contributed by atoms with van der Waals surface area (Å²) >= 11 is 4.47. The van der Waals surface area contributed by atoms with Gasteiger partial charge in [0.25, 0.3) is 0 Å². The second-order valence-electron chi connectivity index (χ2n) is 5.28. The third kappa shape index (κ3) is 3.39. The number of hydrogen-bond donors (Lipinski definition) is 1. The molecular formula is C15H20O2S. The Balaban J connectivity index is 3.07. The van der Waals surface area contributed by atoms with Gasteiger partial charge in [-0.05, 0) is 41.5 Å². The Kier molecular flexibility index (Phi) is 4.63. The normalized spacial score (nSPS) is 13.0. The largest absolute Gasteiger partial charge is 0.497 e. The molecule has 1 aromatic carbocycles. The monoisotopic (exact) mass is 264 g/mol. The third-order valence-corrected chi connectivity index (χ3v) is 3.76. The molecule has 1 rings (SSSR count). The number of methoxy groups -OCH3 is 1. The molecule has 3 heteroatoms. The van der Waals surface area contributed by atoms with Gasteiger partial charge in [-0.1, -0.05) is 20.8 Å². The zero-order chi connectivity index (χ0) is 13.9. The summed E-state index contributed by atoms with van der Waals surface area (Å²) in [7, 11) is 1.60. The van der Waals surface area contributed by atoms with Crippen molar-refractivity contribution in [2.75, 3.05) is 7.11 Å². The number of thiol groups is 1. The van der Waals surface area contributed by atoms with E-state index < -0.39 is 0 Å². The molecule has 98 valence electrons. The van der Waals surface area contributed by atoms with E-state index in [0.717, 1.165) is 10.7 Å². The summed E-state index contributed by atoms with van der Waals surface area (Å²) in [6, 6.07) is 7.12. The van der Waals surface area contributed by atoms with Crippen LogP contribution in [0, 0.1) is 5.41 Å². The summed E-state index contributed by atoms with van der Waals surface area (Å²) in [4.78, 5) is 13.1. The highest BCUT2D eigenvalue weighted by molar-refractivity contribution is 7.84. The van der Waals surface area contributed by atoms with Crippen LogP contribution in [0.15, 0.2) is 34.7 Å². The molecule has 0 spiro atoms. The quantitative estimate of drug-likeness (QED) is 0.505. The third-order valence-electron chi connectivity index (χ3n) is 2.76. The lowest BCUT2D eigenvalue weighted by atomic mass is 9.91. The molecule has 0 heterocycles. The standard InChI is InChI=1S/C15H20O2S/c1-10(14(18)15(2,3)4)13(16)11-6-8-12(17-5)9-7-11/h6-9,18H,1-5H3/b14-10-. The van der Waals surface area contributed by atoms with Gasteiger partial charge < -0.3 is 4.74 Å². The SMILES string of the molecule is COc1ccc(C(=O)/C(C)=C(\S)C(C)(C)C)cc1. The molecule has 0 aromatic heterocycles. The van der Waals surface area contributed by atoms with Crippen molar-refractivity contribution in [3.05, 3.63) is 40.3 Å². The first-order valence-electron chi connectivity index (χ1n) is 5.86. The van der Waals surface area contributed by atoms with Crippen LogP contribution in [0.5, 0.6) is 5.75 Å². The number of carbonyl (C=O) groups excluding carboxylic acids is 1. The molecule has 0 saturated heterocycles. The highest BCUT2D eigenvalue weighted by atomic mass is 32.1. The van der Waals surface area contributed by atoms with Gasteiger partial charge in [0.2, 0.25) is 0 Å². The molecule has 1 aromatic rings. The lowest BCUT2D eigenvalue weighted by Gasteiger charge is -2.21. The van der Waals surface area contributed by atoms with Crippen LogP contribution < -0.4 is 4.74 Å². The fraction of sp³-hybridized carbons (Fsp3) is 0.400. The van der Waals surface area contributed by atoms with E-state index in [1.54, 1.807) is 31.4 Å². The maximum absolute atomic E-state index is 12.3. The van der Waals surface area contributed by atoms with E-state index in [1.807, 2.05) is 27.7 Å². The Morgan fingerprint density at radius 1 is 1.17 bits per heavy atom. The van der Waals surface area contributed by atoms with Crippen LogP contribution in [-0.2, 0) is 0 Å². The van der Waals surface area contributed by atoms with Crippen LogP contribution in [0.4, 0.5) is 0 Å². The van der Waals surface area contributed by atoms with Crippen molar-refractivity contribution in [3.8, 4) is 5.75 Å². The van der Waals surface area contributed by atoms with Crippen LogP contribution in [0.2, 0.25) is 0 Å². The maximum atomic E-state index is 12.3. The summed E-state index contributed by atoms with van der Waals surface area (Å²) in [5.41, 5.74) is 1.23. The molecule has 0 aliphatic carbocycles. The van der Waals surface area contributed by atoms with Crippen LogP contribution in [0.25, 0.3) is 0 Å². The Morgan fingerprint density at radius 2 is 1.67 bits per heavy atom. The van der Waals surface area contributed by atoms with Gasteiger partial charge in [-0.2, -0.15) is 0 Å². The molecule has 0 bridgehead atoms. The van der Waals surface area contributed by atoms with Crippen LogP contribution in [0.1, 0.15) is 38.1 Å². The van der Waals surface area contributed by atoms with Crippen molar-refractivity contribution < 1.29 is 9.53 Å². The molecule has 0 saturated carbocycles. The number of ketones is 1. The molecular weight excluding hydrogens is 244 g/mol. The minimum absolute atomic E-state index is 0.0116. The maximum Gasteiger partial charge on any atom is 0.189 e. The number of hydrogen-bond acceptors (Lipinski definition) is 3. The van der Waals surface area contributed by atoms with E-state index in [9.17, 15) is 4.79 Å². The minimum Gasteiger partial charge on any atom is -0.497 e. The van der Waals surface area contributed by atoms with Crippen LogP contribution >= 0.6 is 12.6 Å². The number of ether oxygens (including phenoxy) is 1. The van der Waals surface area contributed by atoms with E-state index in [0.29, 0.717) is 11.1 Å². The lowest BCUT2D eigenvalue weighted by Crippen LogP contribution is -2.11. The average molecular weight is 264 g/mol. The molecule has 0 atom stereocenters. The molecule has 0 radical (unpaired) electrons. The van der Waals surface area contributed by atoms with Gasteiger partial charge in [0, 0.05) is 11.1 Å². The van der Waals surface area contributed by atoms with Crippen molar-refractivity contribution in [1.82, 2.24) is 0 Å². The Labute approximate surface area is 114 Å².